The Labute approximate surface area is 184 Å². The molecule has 0 aliphatic rings. The van der Waals surface area contributed by atoms with Crippen LogP contribution in [0.25, 0.3) is 33.2 Å². The van der Waals surface area contributed by atoms with Crippen molar-refractivity contribution in [3.8, 4) is 22.8 Å². The first-order valence-electron chi connectivity index (χ1n) is 10.0. The highest BCUT2D eigenvalue weighted by Gasteiger charge is 2.16. The maximum Gasteiger partial charge on any atom is 0.258 e. The van der Waals surface area contributed by atoms with Gasteiger partial charge in [0.05, 0.1) is 42.0 Å². The number of aromatic amines is 1. The van der Waals surface area contributed by atoms with Gasteiger partial charge in [-0.25, -0.2) is 9.97 Å². The number of fused-ring (bicyclic) bond motifs is 2. The van der Waals surface area contributed by atoms with E-state index < -0.39 is 0 Å². The fraction of sp³-hybridized carbons (Fsp3) is 0.0800. The average Bonchev–Trinajstić information content (AvgIpc) is 3.25. The Bertz CT molecular complexity index is 1430. The van der Waals surface area contributed by atoms with Crippen molar-refractivity contribution in [3.63, 3.8) is 0 Å². The van der Waals surface area contributed by atoms with Crippen LogP contribution in [0.5, 0.6) is 11.5 Å². The number of imidazole rings is 1. The van der Waals surface area contributed by atoms with E-state index in [1.54, 1.807) is 20.3 Å². The largest absolute Gasteiger partial charge is 0.493 e. The van der Waals surface area contributed by atoms with Gasteiger partial charge in [-0.05, 0) is 42.5 Å². The summed E-state index contributed by atoms with van der Waals surface area (Å²) >= 11 is 0. The minimum Gasteiger partial charge on any atom is -0.493 e. The van der Waals surface area contributed by atoms with E-state index >= 15 is 0 Å². The van der Waals surface area contributed by atoms with Crippen LogP contribution >= 0.6 is 0 Å². The lowest BCUT2D eigenvalue weighted by Gasteiger charge is -2.12. The lowest BCUT2D eigenvalue weighted by Crippen LogP contribution is -2.14. The molecule has 3 aromatic carbocycles. The number of hydrogen-bond donors (Lipinski definition) is 2. The number of aromatic nitrogens is 3. The molecule has 0 bridgehead atoms. The van der Waals surface area contributed by atoms with E-state index in [4.69, 9.17) is 14.5 Å². The molecule has 2 heterocycles. The zero-order valence-electron chi connectivity index (χ0n) is 17.5. The third-order valence-electron chi connectivity index (χ3n) is 5.26. The van der Waals surface area contributed by atoms with Gasteiger partial charge in [0, 0.05) is 10.9 Å². The predicted molar refractivity (Wildman–Crippen MR) is 124 cm³/mol. The second-order valence-corrected chi connectivity index (χ2v) is 7.20. The Morgan fingerprint density at radius 3 is 2.38 bits per heavy atom. The summed E-state index contributed by atoms with van der Waals surface area (Å²) in [6, 6.07) is 22.5. The molecule has 7 heteroatoms. The summed E-state index contributed by atoms with van der Waals surface area (Å²) in [5, 5.41) is 3.64. The number of rotatable bonds is 5. The molecule has 32 heavy (non-hydrogen) atoms. The number of H-pyrrole nitrogens is 1. The Kier molecular flexibility index (Phi) is 4.91. The zero-order valence-corrected chi connectivity index (χ0v) is 17.5. The van der Waals surface area contributed by atoms with Gasteiger partial charge >= 0.3 is 0 Å². The van der Waals surface area contributed by atoms with Crippen LogP contribution in [-0.2, 0) is 0 Å². The lowest BCUT2D eigenvalue weighted by molar-refractivity contribution is 0.102. The lowest BCUT2D eigenvalue weighted by atomic mass is 10.0. The second kappa shape index (κ2) is 8.03. The number of para-hydroxylation sites is 3. The number of nitrogens with zero attached hydrogens (tertiary/aromatic N) is 2. The van der Waals surface area contributed by atoms with E-state index in [1.165, 1.54) is 0 Å². The van der Waals surface area contributed by atoms with Crippen LogP contribution in [0.1, 0.15) is 10.4 Å². The maximum atomic E-state index is 13.3. The predicted octanol–water partition coefficient (Wildman–Crippen LogP) is 5.05. The first kappa shape index (κ1) is 19.6. The topological polar surface area (TPSA) is 89.1 Å². The van der Waals surface area contributed by atoms with Gasteiger partial charge < -0.3 is 14.5 Å². The molecule has 0 atom stereocenters. The summed E-state index contributed by atoms with van der Waals surface area (Å²) in [6.45, 7) is 0. The van der Waals surface area contributed by atoms with Crippen molar-refractivity contribution in [1.82, 2.24) is 15.0 Å². The van der Waals surface area contributed by atoms with Gasteiger partial charge in [-0.2, -0.15) is 0 Å². The van der Waals surface area contributed by atoms with Crippen molar-refractivity contribution >= 4 is 33.8 Å². The van der Waals surface area contributed by atoms with Crippen molar-refractivity contribution < 1.29 is 14.3 Å². The molecule has 2 aromatic heterocycles. The molecular weight excluding hydrogens is 404 g/mol. The standard InChI is InChI=1S/C25H20N4O3/c1-31-22-12-11-15(13-23(22)32-2)21-14-17(16-7-3-4-8-18(16)26-21)24(30)29-25-27-19-9-5-6-10-20(19)28-25/h3-14H,1-2H3,(H2,27,28,29,30). The summed E-state index contributed by atoms with van der Waals surface area (Å²) in [5.74, 6) is 1.34. The molecule has 5 aromatic rings. The summed E-state index contributed by atoms with van der Waals surface area (Å²) in [6.07, 6.45) is 0. The number of ether oxygens (including phenoxy) is 2. The molecule has 2 N–H and O–H groups in total. The minimum absolute atomic E-state index is 0.274. The Morgan fingerprint density at radius 2 is 1.59 bits per heavy atom. The number of pyridine rings is 1. The number of carbonyl (C=O) groups excluding carboxylic acids is 1. The van der Waals surface area contributed by atoms with Crippen LogP contribution in [0.3, 0.4) is 0 Å². The third kappa shape index (κ3) is 3.50. The van der Waals surface area contributed by atoms with Gasteiger partial charge in [-0.3, -0.25) is 10.1 Å². The summed E-state index contributed by atoms with van der Waals surface area (Å²) in [4.78, 5) is 25.6. The Balaban J connectivity index is 1.58. The molecule has 1 amide bonds. The highest BCUT2D eigenvalue weighted by atomic mass is 16.5. The normalized spacial score (nSPS) is 10.9. The molecule has 0 saturated heterocycles. The van der Waals surface area contributed by atoms with E-state index in [0.717, 1.165) is 27.5 Å². The Morgan fingerprint density at radius 1 is 0.844 bits per heavy atom. The zero-order chi connectivity index (χ0) is 22.1. The van der Waals surface area contributed by atoms with Gasteiger partial charge in [-0.1, -0.05) is 30.3 Å². The SMILES string of the molecule is COc1ccc(-c2cc(C(=O)Nc3nc4ccccc4[nH]3)c3ccccc3n2)cc1OC. The number of amides is 1. The average molecular weight is 424 g/mol. The van der Waals surface area contributed by atoms with Gasteiger partial charge in [0.25, 0.3) is 5.91 Å². The van der Waals surface area contributed by atoms with Gasteiger partial charge in [0.15, 0.2) is 11.5 Å². The van der Waals surface area contributed by atoms with E-state index in [-0.39, 0.29) is 5.91 Å². The number of benzene rings is 3. The molecule has 0 unspecified atom stereocenters. The number of hydrogen-bond acceptors (Lipinski definition) is 5. The number of anilines is 1. The van der Waals surface area contributed by atoms with E-state index in [0.29, 0.717) is 28.7 Å². The smallest absolute Gasteiger partial charge is 0.258 e. The molecule has 0 aliphatic carbocycles. The highest BCUT2D eigenvalue weighted by molar-refractivity contribution is 6.12. The first-order valence-corrected chi connectivity index (χ1v) is 10.0. The quantitative estimate of drug-likeness (QED) is 0.412. The molecule has 0 spiro atoms. The van der Waals surface area contributed by atoms with Crippen LogP contribution in [-0.4, -0.2) is 35.1 Å². The summed E-state index contributed by atoms with van der Waals surface area (Å²) < 4.78 is 10.8. The van der Waals surface area contributed by atoms with E-state index in [9.17, 15) is 4.79 Å². The number of nitrogens with one attached hydrogen (secondary N) is 2. The van der Waals surface area contributed by atoms with E-state index in [2.05, 4.69) is 15.3 Å². The van der Waals surface area contributed by atoms with Gasteiger partial charge in [0.2, 0.25) is 5.95 Å². The molecule has 5 rings (SSSR count). The van der Waals surface area contributed by atoms with Crippen LogP contribution in [0, 0.1) is 0 Å². The van der Waals surface area contributed by atoms with Crippen LogP contribution in [0.2, 0.25) is 0 Å². The van der Waals surface area contributed by atoms with Crippen molar-refractivity contribution in [2.45, 2.75) is 0 Å². The minimum atomic E-state index is -0.274. The second-order valence-electron chi connectivity index (χ2n) is 7.20. The molecule has 0 aliphatic heterocycles. The monoisotopic (exact) mass is 424 g/mol. The molecule has 0 radical (unpaired) electrons. The molecular formula is C25H20N4O3. The fourth-order valence-electron chi connectivity index (χ4n) is 3.69. The first-order chi connectivity index (χ1) is 15.7. The molecule has 0 saturated carbocycles. The van der Waals surface area contributed by atoms with Crippen LogP contribution in [0.15, 0.2) is 72.8 Å². The summed E-state index contributed by atoms with van der Waals surface area (Å²) in [7, 11) is 3.17. The highest BCUT2D eigenvalue weighted by Crippen LogP contribution is 2.33. The van der Waals surface area contributed by atoms with Crippen LogP contribution < -0.4 is 14.8 Å². The third-order valence-corrected chi connectivity index (χ3v) is 5.26. The van der Waals surface area contributed by atoms with Crippen LogP contribution in [0.4, 0.5) is 5.95 Å². The maximum absolute atomic E-state index is 13.3. The van der Waals surface area contributed by atoms with Crippen molar-refractivity contribution in [2.75, 3.05) is 19.5 Å². The van der Waals surface area contributed by atoms with Gasteiger partial charge in [-0.15, -0.1) is 0 Å². The molecule has 7 nitrogen and oxygen atoms in total. The Hall–Kier alpha value is -4.39. The van der Waals surface area contributed by atoms with Crippen molar-refractivity contribution in [1.29, 1.82) is 0 Å². The molecule has 0 fully saturated rings. The fourth-order valence-corrected chi connectivity index (χ4v) is 3.69. The molecule has 158 valence electrons. The van der Waals surface area contributed by atoms with Gasteiger partial charge in [0.1, 0.15) is 0 Å². The van der Waals surface area contributed by atoms with Crippen molar-refractivity contribution in [2.24, 2.45) is 0 Å². The summed E-state index contributed by atoms with van der Waals surface area (Å²) in [5.41, 5.74) is 4.32. The van der Waals surface area contributed by atoms with E-state index in [1.807, 2.05) is 66.7 Å². The number of carbonyl (C=O) groups is 1. The number of methoxy groups -OCH3 is 2. The van der Waals surface area contributed by atoms with Crippen molar-refractivity contribution in [3.05, 3.63) is 78.4 Å².